The lowest BCUT2D eigenvalue weighted by atomic mass is 9.94. The summed E-state index contributed by atoms with van der Waals surface area (Å²) in [6.45, 7) is 0. The highest BCUT2D eigenvalue weighted by atomic mass is 19.4. The third kappa shape index (κ3) is 3.17. The molecule has 3 aromatic carbocycles. The van der Waals surface area contributed by atoms with Gasteiger partial charge in [0.15, 0.2) is 5.76 Å². The predicted octanol–water partition coefficient (Wildman–Crippen LogP) is 5.11. The quantitative estimate of drug-likeness (QED) is 0.351. The van der Waals surface area contributed by atoms with Gasteiger partial charge in [-0.3, -0.25) is 9.59 Å². The summed E-state index contributed by atoms with van der Waals surface area (Å²) in [4.78, 5) is 24.9. The monoisotopic (exact) mass is 382 g/mol. The zero-order valence-corrected chi connectivity index (χ0v) is 14.4. The van der Waals surface area contributed by atoms with Gasteiger partial charge in [0, 0.05) is 0 Å². The molecule has 1 aliphatic rings. The van der Waals surface area contributed by atoms with Crippen LogP contribution in [0.3, 0.4) is 0 Å². The predicted molar refractivity (Wildman–Crippen MR) is 97.2 cm³/mol. The molecule has 1 atom stereocenters. The van der Waals surface area contributed by atoms with E-state index in [0.29, 0.717) is 5.56 Å². The highest BCUT2D eigenvalue weighted by molar-refractivity contribution is 6.19. The Kier molecular flexibility index (Phi) is 4.26. The summed E-state index contributed by atoms with van der Waals surface area (Å²) < 4.78 is 43.3. The van der Waals surface area contributed by atoms with Crippen molar-refractivity contribution in [3.63, 3.8) is 0 Å². The van der Waals surface area contributed by atoms with Gasteiger partial charge in [-0.15, -0.1) is 0 Å². The van der Waals surface area contributed by atoms with Crippen molar-refractivity contribution in [3.8, 4) is 0 Å². The molecule has 0 radical (unpaired) electrons. The summed E-state index contributed by atoms with van der Waals surface area (Å²) in [5.74, 6) is -2.75. The minimum atomic E-state index is -4.49. The molecule has 3 nitrogen and oxygen atoms in total. The number of hydrogen-bond acceptors (Lipinski definition) is 3. The van der Waals surface area contributed by atoms with Crippen molar-refractivity contribution in [2.45, 2.75) is 12.1 Å². The second kappa shape index (κ2) is 6.64. The minimum Gasteiger partial charge on any atom is -0.422 e. The Balaban J connectivity index is 1.68. The standard InChI is InChI=1S/C22H13F3O3/c23-22(24,25)16-10-8-14(9-11-16)19-20(26)18(28-21(19)27)12-15-6-3-5-13-4-1-2-7-17(13)15/h1-12,19H/b18-12-. The van der Waals surface area contributed by atoms with Crippen molar-refractivity contribution in [1.82, 2.24) is 0 Å². The van der Waals surface area contributed by atoms with Crippen LogP contribution in [0.25, 0.3) is 16.8 Å². The lowest BCUT2D eigenvalue weighted by Crippen LogP contribution is -2.13. The number of allylic oxidation sites excluding steroid dienone is 1. The molecule has 0 spiro atoms. The van der Waals surface area contributed by atoms with Gasteiger partial charge in [-0.2, -0.15) is 13.2 Å². The summed E-state index contributed by atoms with van der Waals surface area (Å²) in [7, 11) is 0. The van der Waals surface area contributed by atoms with Crippen molar-refractivity contribution in [3.05, 3.63) is 89.2 Å². The Bertz CT molecular complexity index is 1110. The zero-order valence-electron chi connectivity index (χ0n) is 14.4. The van der Waals surface area contributed by atoms with Crippen LogP contribution in [0.5, 0.6) is 0 Å². The number of benzene rings is 3. The summed E-state index contributed by atoms with van der Waals surface area (Å²) in [6.07, 6.45) is -3.00. The van der Waals surface area contributed by atoms with Crippen molar-refractivity contribution >= 4 is 28.6 Å². The Labute approximate surface area is 158 Å². The molecule has 1 fully saturated rings. The molecule has 1 heterocycles. The van der Waals surface area contributed by atoms with E-state index in [1.54, 1.807) is 6.07 Å². The smallest absolute Gasteiger partial charge is 0.416 e. The Morgan fingerprint density at radius 3 is 2.25 bits per heavy atom. The third-order valence-electron chi connectivity index (χ3n) is 4.63. The largest absolute Gasteiger partial charge is 0.422 e. The van der Waals surface area contributed by atoms with Gasteiger partial charge in [0.05, 0.1) is 5.56 Å². The molecule has 0 amide bonds. The van der Waals surface area contributed by atoms with E-state index in [1.165, 1.54) is 6.08 Å². The molecule has 4 rings (SSSR count). The average Bonchev–Trinajstić information content (AvgIpc) is 2.95. The zero-order chi connectivity index (χ0) is 19.9. The topological polar surface area (TPSA) is 43.4 Å². The Morgan fingerprint density at radius 1 is 0.857 bits per heavy atom. The molecule has 1 unspecified atom stereocenters. The van der Waals surface area contributed by atoms with Gasteiger partial charge in [-0.25, -0.2) is 0 Å². The molecule has 1 saturated heterocycles. The summed E-state index contributed by atoms with van der Waals surface area (Å²) in [6, 6.07) is 17.1. The number of carbonyl (C=O) groups is 2. The lowest BCUT2D eigenvalue weighted by Gasteiger charge is -2.08. The molecule has 1 aliphatic heterocycles. The first-order valence-electron chi connectivity index (χ1n) is 8.47. The third-order valence-corrected chi connectivity index (χ3v) is 4.63. The van der Waals surface area contributed by atoms with E-state index in [0.717, 1.165) is 35.0 Å². The highest BCUT2D eigenvalue weighted by Gasteiger charge is 2.41. The van der Waals surface area contributed by atoms with E-state index < -0.39 is 29.4 Å². The molecule has 140 valence electrons. The number of Topliss-reactive ketones (excluding diaryl/α,β-unsaturated/α-hetero) is 1. The maximum Gasteiger partial charge on any atom is 0.416 e. The van der Waals surface area contributed by atoms with Crippen LogP contribution in [0.15, 0.2) is 72.5 Å². The first-order chi connectivity index (χ1) is 13.3. The second-order valence-electron chi connectivity index (χ2n) is 6.42. The van der Waals surface area contributed by atoms with Gasteiger partial charge in [-0.05, 0) is 40.1 Å². The molecule has 0 saturated carbocycles. The van der Waals surface area contributed by atoms with E-state index >= 15 is 0 Å². The fraction of sp³-hybridized carbons (Fsp3) is 0.0909. The number of halogens is 3. The fourth-order valence-electron chi connectivity index (χ4n) is 3.24. The SMILES string of the molecule is O=C1O/C(=C\c2cccc3ccccc23)C(=O)C1c1ccc(C(F)(F)F)cc1. The van der Waals surface area contributed by atoms with E-state index in [9.17, 15) is 22.8 Å². The van der Waals surface area contributed by atoms with Gasteiger partial charge in [0.1, 0.15) is 5.92 Å². The van der Waals surface area contributed by atoms with Gasteiger partial charge in [0.2, 0.25) is 5.78 Å². The van der Waals surface area contributed by atoms with E-state index in [4.69, 9.17) is 4.74 Å². The second-order valence-corrected chi connectivity index (χ2v) is 6.42. The van der Waals surface area contributed by atoms with Crippen LogP contribution in [0.4, 0.5) is 13.2 Å². The summed E-state index contributed by atoms with van der Waals surface area (Å²) >= 11 is 0. The number of hydrogen-bond donors (Lipinski definition) is 0. The van der Waals surface area contributed by atoms with Crippen LogP contribution in [0.2, 0.25) is 0 Å². The van der Waals surface area contributed by atoms with Gasteiger partial charge < -0.3 is 4.74 Å². The molecule has 0 aromatic heterocycles. The first kappa shape index (κ1) is 18.0. The Hall–Kier alpha value is -3.41. The molecular formula is C22H13F3O3. The van der Waals surface area contributed by atoms with Crippen LogP contribution in [0.1, 0.15) is 22.6 Å². The van der Waals surface area contributed by atoms with E-state index in [-0.39, 0.29) is 11.3 Å². The normalized spacial score (nSPS) is 18.7. The molecular weight excluding hydrogens is 369 g/mol. The van der Waals surface area contributed by atoms with Crippen molar-refractivity contribution in [1.29, 1.82) is 0 Å². The minimum absolute atomic E-state index is 0.119. The molecule has 3 aromatic rings. The van der Waals surface area contributed by atoms with Crippen LogP contribution >= 0.6 is 0 Å². The number of ketones is 1. The highest BCUT2D eigenvalue weighted by Crippen LogP contribution is 2.34. The van der Waals surface area contributed by atoms with Crippen LogP contribution in [-0.4, -0.2) is 11.8 Å². The maximum atomic E-state index is 12.7. The lowest BCUT2D eigenvalue weighted by molar-refractivity contribution is -0.137. The van der Waals surface area contributed by atoms with Crippen molar-refractivity contribution < 1.29 is 27.5 Å². The summed E-state index contributed by atoms with van der Waals surface area (Å²) in [5.41, 5.74) is 0.0354. The average molecular weight is 382 g/mol. The number of carbonyl (C=O) groups excluding carboxylic acids is 2. The fourth-order valence-corrected chi connectivity index (χ4v) is 3.24. The van der Waals surface area contributed by atoms with Gasteiger partial charge in [0.25, 0.3) is 0 Å². The number of ether oxygens (including phenoxy) is 1. The number of esters is 1. The van der Waals surface area contributed by atoms with Crippen LogP contribution in [-0.2, 0) is 20.5 Å². The number of fused-ring (bicyclic) bond motifs is 1. The van der Waals surface area contributed by atoms with Crippen molar-refractivity contribution in [2.75, 3.05) is 0 Å². The molecule has 6 heteroatoms. The summed E-state index contributed by atoms with van der Waals surface area (Å²) in [5, 5.41) is 1.85. The molecule has 0 bridgehead atoms. The first-order valence-corrected chi connectivity index (χ1v) is 8.47. The van der Waals surface area contributed by atoms with Gasteiger partial charge >= 0.3 is 12.1 Å². The van der Waals surface area contributed by atoms with E-state index in [1.807, 2.05) is 36.4 Å². The van der Waals surface area contributed by atoms with Crippen LogP contribution in [0, 0.1) is 0 Å². The molecule has 0 N–H and O–H groups in total. The van der Waals surface area contributed by atoms with Gasteiger partial charge in [-0.1, -0.05) is 54.6 Å². The van der Waals surface area contributed by atoms with E-state index in [2.05, 4.69) is 0 Å². The number of rotatable bonds is 2. The van der Waals surface area contributed by atoms with Crippen molar-refractivity contribution in [2.24, 2.45) is 0 Å². The Morgan fingerprint density at radius 2 is 1.54 bits per heavy atom. The number of cyclic esters (lactones) is 1. The van der Waals surface area contributed by atoms with Crippen LogP contribution < -0.4 is 0 Å². The maximum absolute atomic E-state index is 12.7. The molecule has 28 heavy (non-hydrogen) atoms. The number of alkyl halides is 3. The molecule has 0 aliphatic carbocycles.